The van der Waals surface area contributed by atoms with E-state index in [9.17, 15) is 23.3 Å². The van der Waals surface area contributed by atoms with Gasteiger partial charge in [0.05, 0.1) is 14.7 Å². The molecular weight excluding hydrogens is 392 g/mol. The molecule has 27 heavy (non-hydrogen) atoms. The molecule has 0 atom stereocenters. The third kappa shape index (κ3) is 4.18. The lowest BCUT2D eigenvalue weighted by Gasteiger charge is -2.15. The van der Waals surface area contributed by atoms with E-state index in [0.29, 0.717) is 18.0 Å². The first-order chi connectivity index (χ1) is 12.8. The minimum absolute atomic E-state index is 0.137. The molecule has 8 nitrogen and oxygen atoms in total. The number of benzene rings is 1. The fraction of sp³-hybridized carbons (Fsp3) is 0.353. The maximum atomic E-state index is 12.6. The van der Waals surface area contributed by atoms with Crippen molar-refractivity contribution >= 4 is 32.8 Å². The van der Waals surface area contributed by atoms with E-state index in [1.807, 2.05) is 6.92 Å². The first-order valence-electron chi connectivity index (χ1n) is 8.30. The van der Waals surface area contributed by atoms with Crippen molar-refractivity contribution < 1.29 is 22.9 Å². The number of carbonyl (C=O) groups excluding carboxylic acids is 1. The van der Waals surface area contributed by atoms with Gasteiger partial charge in [-0.15, -0.1) is 11.3 Å². The maximum absolute atomic E-state index is 12.6. The number of hydrogen-bond donors (Lipinski definition) is 0. The van der Waals surface area contributed by atoms with Crippen LogP contribution >= 0.6 is 11.3 Å². The second-order valence-corrected chi connectivity index (χ2v) is 9.35. The van der Waals surface area contributed by atoms with Gasteiger partial charge in [0.1, 0.15) is 0 Å². The summed E-state index contributed by atoms with van der Waals surface area (Å²) in [5.41, 5.74) is -0.481. The summed E-state index contributed by atoms with van der Waals surface area (Å²) in [5.74, 6) is -0.432. The summed E-state index contributed by atoms with van der Waals surface area (Å²) in [5, 5.41) is 11.4. The van der Waals surface area contributed by atoms with Crippen LogP contribution in [0.4, 0.5) is 5.69 Å². The number of Topliss-reactive ketones (excluding diaryl/α,β-unsaturated/α-hetero) is 1. The number of aryl methyl sites for hydroxylation is 1. The van der Waals surface area contributed by atoms with E-state index >= 15 is 0 Å². The van der Waals surface area contributed by atoms with Crippen molar-refractivity contribution in [3.63, 3.8) is 0 Å². The molecule has 1 saturated heterocycles. The summed E-state index contributed by atoms with van der Waals surface area (Å²) in [4.78, 5) is 24.1. The molecule has 0 spiro atoms. The Kier molecular flexibility index (Phi) is 5.59. The minimum atomic E-state index is -3.77. The molecule has 0 N–H and O–H groups in total. The van der Waals surface area contributed by atoms with Crippen molar-refractivity contribution in [2.75, 3.05) is 19.7 Å². The highest BCUT2D eigenvalue weighted by molar-refractivity contribution is 7.89. The third-order valence-electron chi connectivity index (χ3n) is 4.20. The Morgan fingerprint density at radius 1 is 1.26 bits per heavy atom. The van der Waals surface area contributed by atoms with Gasteiger partial charge in [-0.25, -0.2) is 8.42 Å². The lowest BCUT2D eigenvalue weighted by atomic mass is 10.3. The van der Waals surface area contributed by atoms with E-state index in [1.165, 1.54) is 27.8 Å². The predicted molar refractivity (Wildman–Crippen MR) is 100.0 cm³/mol. The maximum Gasteiger partial charge on any atom is 0.312 e. The zero-order valence-electron chi connectivity index (χ0n) is 14.6. The predicted octanol–water partition coefficient (Wildman–Crippen LogP) is 3.01. The van der Waals surface area contributed by atoms with Crippen LogP contribution in [-0.2, 0) is 10.0 Å². The number of thiophene rings is 1. The molecular formula is C17H18N2O6S2. The Hall–Kier alpha value is -2.30. The average Bonchev–Trinajstić information content (AvgIpc) is 3.31. The molecule has 1 aromatic heterocycles. The Balaban J connectivity index is 1.82. The Morgan fingerprint density at radius 2 is 1.96 bits per heavy atom. The quantitative estimate of drug-likeness (QED) is 0.394. The molecule has 1 aliphatic heterocycles. The lowest BCUT2D eigenvalue weighted by Crippen LogP contribution is -2.27. The Morgan fingerprint density at radius 3 is 2.56 bits per heavy atom. The van der Waals surface area contributed by atoms with Gasteiger partial charge < -0.3 is 4.74 Å². The van der Waals surface area contributed by atoms with Crippen molar-refractivity contribution in [2.24, 2.45) is 0 Å². The first kappa shape index (κ1) is 19.5. The highest BCUT2D eigenvalue weighted by Gasteiger charge is 2.30. The first-order valence-corrected chi connectivity index (χ1v) is 10.6. The average molecular weight is 410 g/mol. The van der Waals surface area contributed by atoms with Crippen molar-refractivity contribution in [1.29, 1.82) is 0 Å². The number of nitro benzene ring substituents is 1. The number of nitro groups is 1. The number of ether oxygens (including phenoxy) is 1. The van der Waals surface area contributed by atoms with Crippen molar-refractivity contribution in [2.45, 2.75) is 24.7 Å². The van der Waals surface area contributed by atoms with Crippen molar-refractivity contribution in [1.82, 2.24) is 4.31 Å². The van der Waals surface area contributed by atoms with Gasteiger partial charge in [0.2, 0.25) is 15.8 Å². The molecule has 10 heteroatoms. The number of hydrogen-bond acceptors (Lipinski definition) is 7. The SMILES string of the molecule is Cc1ccc(C(=O)COc2ccc(S(=O)(=O)N3CCCC3)cc2[N+](=O)[O-])s1. The van der Waals surface area contributed by atoms with Gasteiger partial charge in [-0.2, -0.15) is 4.31 Å². The molecule has 0 bridgehead atoms. The van der Waals surface area contributed by atoms with E-state index in [2.05, 4.69) is 0 Å². The van der Waals surface area contributed by atoms with E-state index in [4.69, 9.17) is 4.74 Å². The monoisotopic (exact) mass is 410 g/mol. The highest BCUT2D eigenvalue weighted by Crippen LogP contribution is 2.32. The second-order valence-electron chi connectivity index (χ2n) is 6.12. The van der Waals surface area contributed by atoms with Gasteiger partial charge in [0.25, 0.3) is 0 Å². The van der Waals surface area contributed by atoms with Crippen LogP contribution in [0, 0.1) is 17.0 Å². The Labute approximate surface area is 160 Å². The molecule has 1 aromatic carbocycles. The van der Waals surface area contributed by atoms with Crippen LogP contribution in [0.3, 0.4) is 0 Å². The third-order valence-corrected chi connectivity index (χ3v) is 7.14. The molecule has 144 valence electrons. The molecule has 0 amide bonds. The van der Waals surface area contributed by atoms with Gasteiger partial charge in [0.15, 0.2) is 12.4 Å². The van der Waals surface area contributed by atoms with E-state index in [1.54, 1.807) is 12.1 Å². The van der Waals surface area contributed by atoms with Crippen LogP contribution in [0.15, 0.2) is 35.2 Å². The number of carbonyl (C=O) groups is 1. The number of rotatable bonds is 7. The standard InChI is InChI=1S/C17H18N2O6S2/c1-12-4-7-17(26-12)15(20)11-25-16-6-5-13(10-14(16)19(21)22)27(23,24)18-8-2-3-9-18/h4-7,10H,2-3,8-9,11H2,1H3. The number of sulfonamides is 1. The summed E-state index contributed by atoms with van der Waals surface area (Å²) >= 11 is 1.31. The summed E-state index contributed by atoms with van der Waals surface area (Å²) in [6.07, 6.45) is 1.54. The smallest absolute Gasteiger partial charge is 0.312 e. The lowest BCUT2D eigenvalue weighted by molar-refractivity contribution is -0.386. The van der Waals surface area contributed by atoms with Crippen LogP contribution in [0.2, 0.25) is 0 Å². The number of ketones is 1. The molecule has 3 rings (SSSR count). The summed E-state index contributed by atoms with van der Waals surface area (Å²) in [6, 6.07) is 6.97. The molecule has 0 aliphatic carbocycles. The summed E-state index contributed by atoms with van der Waals surface area (Å²) in [6.45, 7) is 2.32. The molecule has 1 fully saturated rings. The summed E-state index contributed by atoms with van der Waals surface area (Å²) < 4.78 is 31.8. The molecule has 2 aromatic rings. The van der Waals surface area contributed by atoms with Crippen molar-refractivity contribution in [3.8, 4) is 5.75 Å². The van der Waals surface area contributed by atoms with Gasteiger partial charge in [-0.05, 0) is 44.0 Å². The van der Waals surface area contributed by atoms with Gasteiger partial charge >= 0.3 is 5.69 Å². The molecule has 0 radical (unpaired) electrons. The fourth-order valence-electron chi connectivity index (χ4n) is 2.80. The van der Waals surface area contributed by atoms with Crippen LogP contribution in [-0.4, -0.2) is 43.1 Å². The van der Waals surface area contributed by atoms with Gasteiger partial charge in [0, 0.05) is 24.0 Å². The Bertz CT molecular complexity index is 977. The molecule has 2 heterocycles. The second kappa shape index (κ2) is 7.75. The van der Waals surface area contributed by atoms with Crippen molar-refractivity contribution in [3.05, 3.63) is 50.2 Å². The highest BCUT2D eigenvalue weighted by atomic mass is 32.2. The minimum Gasteiger partial charge on any atom is -0.478 e. The topological polar surface area (TPSA) is 107 Å². The molecule has 0 saturated carbocycles. The zero-order valence-corrected chi connectivity index (χ0v) is 16.2. The van der Waals surface area contributed by atoms with E-state index in [0.717, 1.165) is 23.8 Å². The van der Waals surface area contributed by atoms with Crippen LogP contribution in [0.1, 0.15) is 27.4 Å². The van der Waals surface area contributed by atoms with E-state index in [-0.39, 0.29) is 23.0 Å². The molecule has 0 unspecified atom stereocenters. The molecule has 1 aliphatic rings. The zero-order chi connectivity index (χ0) is 19.6. The van der Waals surface area contributed by atoms with Crippen LogP contribution in [0.5, 0.6) is 5.75 Å². The normalized spacial score (nSPS) is 15.0. The van der Waals surface area contributed by atoms with E-state index < -0.39 is 20.6 Å². The number of nitrogens with zero attached hydrogens (tertiary/aromatic N) is 2. The van der Waals surface area contributed by atoms with Crippen LogP contribution in [0.25, 0.3) is 0 Å². The fourth-order valence-corrected chi connectivity index (χ4v) is 5.13. The summed E-state index contributed by atoms with van der Waals surface area (Å²) in [7, 11) is -3.77. The van der Waals surface area contributed by atoms with Crippen LogP contribution < -0.4 is 4.74 Å². The van der Waals surface area contributed by atoms with Gasteiger partial charge in [-0.1, -0.05) is 0 Å². The largest absolute Gasteiger partial charge is 0.478 e. The van der Waals surface area contributed by atoms with Gasteiger partial charge in [-0.3, -0.25) is 14.9 Å².